The second-order valence-electron chi connectivity index (χ2n) is 6.63. The molecule has 0 atom stereocenters. The summed E-state index contributed by atoms with van der Waals surface area (Å²) in [6.07, 6.45) is 3.66. The van der Waals surface area contributed by atoms with Crippen LogP contribution in [-0.2, 0) is 24.9 Å². The first kappa shape index (κ1) is 22.9. The van der Waals surface area contributed by atoms with E-state index in [1.54, 1.807) is 4.68 Å². The number of ether oxygens (including phenoxy) is 1. The molecule has 1 saturated carbocycles. The van der Waals surface area contributed by atoms with Crippen LogP contribution in [0.15, 0.2) is 35.6 Å². The summed E-state index contributed by atoms with van der Waals surface area (Å²) in [4.78, 5) is 20.5. The molecule has 0 bridgehead atoms. The van der Waals surface area contributed by atoms with Gasteiger partial charge in [0, 0.05) is 19.6 Å². The third-order valence-electron chi connectivity index (χ3n) is 4.19. The lowest BCUT2D eigenvalue weighted by atomic mass is 10.2. The molecule has 2 aromatic rings. The Morgan fingerprint density at radius 1 is 1.34 bits per heavy atom. The first-order valence-corrected chi connectivity index (χ1v) is 9.50. The molecule has 3 rings (SSSR count). The van der Waals surface area contributed by atoms with Crippen LogP contribution in [0, 0.1) is 0 Å². The standard InChI is InChI=1S/C19H27N7O2.HI/c1-3-20-19(22-11-17-23-13-24-26(17)2)21-10-14-5-4-6-16(9-14)28-12-18(27)25-15-7-8-15;/h4-6,9,13,15H,3,7-8,10-12H2,1-2H3,(H,25,27)(H2,20,21,22);1H. The highest BCUT2D eigenvalue weighted by molar-refractivity contribution is 14.0. The summed E-state index contributed by atoms with van der Waals surface area (Å²) in [6, 6.07) is 7.97. The molecular formula is C19H28IN7O2. The van der Waals surface area contributed by atoms with Crippen molar-refractivity contribution >= 4 is 35.8 Å². The molecule has 1 aromatic carbocycles. The van der Waals surface area contributed by atoms with E-state index in [2.05, 4.69) is 31.0 Å². The summed E-state index contributed by atoms with van der Waals surface area (Å²) in [5, 5.41) is 13.4. The van der Waals surface area contributed by atoms with Crippen LogP contribution in [0.2, 0.25) is 0 Å². The van der Waals surface area contributed by atoms with Crippen LogP contribution in [0.5, 0.6) is 5.75 Å². The maximum absolute atomic E-state index is 11.7. The molecule has 1 aromatic heterocycles. The SMILES string of the molecule is CCNC(=NCc1cccc(OCC(=O)NC2CC2)c1)NCc1ncnn1C.I. The van der Waals surface area contributed by atoms with Gasteiger partial charge in [-0.1, -0.05) is 12.1 Å². The maximum Gasteiger partial charge on any atom is 0.258 e. The summed E-state index contributed by atoms with van der Waals surface area (Å²) in [5.41, 5.74) is 0.996. The number of carbonyl (C=O) groups is 1. The molecule has 3 N–H and O–H groups in total. The van der Waals surface area contributed by atoms with Gasteiger partial charge in [-0.3, -0.25) is 9.48 Å². The van der Waals surface area contributed by atoms with E-state index in [0.29, 0.717) is 30.8 Å². The predicted octanol–water partition coefficient (Wildman–Crippen LogP) is 1.35. The fraction of sp³-hybridized carbons (Fsp3) is 0.474. The number of aromatic nitrogens is 3. The molecule has 0 saturated heterocycles. The number of guanidine groups is 1. The minimum absolute atomic E-state index is 0. The zero-order valence-electron chi connectivity index (χ0n) is 16.7. The number of carbonyl (C=O) groups excluding carboxylic acids is 1. The van der Waals surface area contributed by atoms with Gasteiger partial charge < -0.3 is 20.7 Å². The number of aryl methyl sites for hydroxylation is 1. The number of benzene rings is 1. The van der Waals surface area contributed by atoms with Crippen molar-refractivity contribution in [2.75, 3.05) is 13.2 Å². The van der Waals surface area contributed by atoms with Crippen LogP contribution in [0.1, 0.15) is 31.2 Å². The number of hydrogen-bond donors (Lipinski definition) is 3. The quantitative estimate of drug-likeness (QED) is 0.266. The molecule has 0 unspecified atom stereocenters. The number of hydrogen-bond acceptors (Lipinski definition) is 5. The van der Waals surface area contributed by atoms with E-state index in [-0.39, 0.29) is 36.5 Å². The van der Waals surface area contributed by atoms with Crippen LogP contribution < -0.4 is 20.7 Å². The van der Waals surface area contributed by atoms with Gasteiger partial charge in [0.1, 0.15) is 17.9 Å². The van der Waals surface area contributed by atoms with E-state index >= 15 is 0 Å². The molecule has 0 aliphatic heterocycles. The van der Waals surface area contributed by atoms with Crippen molar-refractivity contribution in [3.05, 3.63) is 42.0 Å². The van der Waals surface area contributed by atoms with Gasteiger partial charge >= 0.3 is 0 Å². The van der Waals surface area contributed by atoms with Crippen LogP contribution >= 0.6 is 24.0 Å². The smallest absolute Gasteiger partial charge is 0.258 e. The van der Waals surface area contributed by atoms with Crippen LogP contribution in [0.25, 0.3) is 0 Å². The molecule has 9 nitrogen and oxygen atoms in total. The Hall–Kier alpha value is -2.37. The molecule has 1 aliphatic carbocycles. The topological polar surface area (TPSA) is 105 Å². The summed E-state index contributed by atoms with van der Waals surface area (Å²) in [6.45, 7) is 3.82. The van der Waals surface area contributed by atoms with Crippen molar-refractivity contribution in [2.45, 2.75) is 38.9 Å². The van der Waals surface area contributed by atoms with Crippen LogP contribution in [-0.4, -0.2) is 45.8 Å². The fourth-order valence-corrected chi connectivity index (χ4v) is 2.53. The normalized spacial score (nSPS) is 13.4. The first-order chi connectivity index (χ1) is 13.6. The molecule has 1 fully saturated rings. The van der Waals surface area contributed by atoms with Crippen LogP contribution in [0.3, 0.4) is 0 Å². The Labute approximate surface area is 187 Å². The minimum atomic E-state index is -0.0756. The molecule has 1 aliphatic rings. The fourth-order valence-electron chi connectivity index (χ4n) is 2.53. The summed E-state index contributed by atoms with van der Waals surface area (Å²) < 4.78 is 7.31. The van der Waals surface area contributed by atoms with E-state index in [9.17, 15) is 4.79 Å². The van der Waals surface area contributed by atoms with Gasteiger partial charge in [0.05, 0.1) is 13.1 Å². The van der Waals surface area contributed by atoms with Gasteiger partial charge in [-0.15, -0.1) is 24.0 Å². The maximum atomic E-state index is 11.7. The van der Waals surface area contributed by atoms with Gasteiger partial charge in [0.2, 0.25) is 0 Å². The molecule has 29 heavy (non-hydrogen) atoms. The van der Waals surface area contributed by atoms with Crippen molar-refractivity contribution in [3.63, 3.8) is 0 Å². The summed E-state index contributed by atoms with van der Waals surface area (Å²) >= 11 is 0. The number of nitrogens with one attached hydrogen (secondary N) is 3. The number of halogens is 1. The number of nitrogens with zero attached hydrogens (tertiary/aromatic N) is 4. The van der Waals surface area contributed by atoms with Gasteiger partial charge in [-0.25, -0.2) is 9.98 Å². The number of amides is 1. The number of aliphatic imine (C=N–C) groups is 1. The third-order valence-corrected chi connectivity index (χ3v) is 4.19. The van der Waals surface area contributed by atoms with Crippen molar-refractivity contribution in [2.24, 2.45) is 12.0 Å². The Morgan fingerprint density at radius 2 is 2.17 bits per heavy atom. The highest BCUT2D eigenvalue weighted by atomic mass is 127. The van der Waals surface area contributed by atoms with Gasteiger partial charge in [0.15, 0.2) is 12.6 Å². The third kappa shape index (κ3) is 7.87. The molecule has 10 heteroatoms. The van der Waals surface area contributed by atoms with E-state index in [1.807, 2.05) is 38.2 Å². The second kappa shape index (κ2) is 11.6. The van der Waals surface area contributed by atoms with Crippen molar-refractivity contribution < 1.29 is 9.53 Å². The van der Waals surface area contributed by atoms with Gasteiger partial charge in [-0.2, -0.15) is 5.10 Å². The first-order valence-electron chi connectivity index (χ1n) is 9.50. The second-order valence-corrected chi connectivity index (χ2v) is 6.63. The Morgan fingerprint density at radius 3 is 2.86 bits per heavy atom. The Kier molecular flexibility index (Phi) is 9.16. The molecule has 0 spiro atoms. The molecule has 0 radical (unpaired) electrons. The lowest BCUT2D eigenvalue weighted by Gasteiger charge is -2.11. The monoisotopic (exact) mass is 513 g/mol. The van der Waals surface area contributed by atoms with Crippen molar-refractivity contribution in [1.82, 2.24) is 30.7 Å². The van der Waals surface area contributed by atoms with Crippen LogP contribution in [0.4, 0.5) is 0 Å². The van der Waals surface area contributed by atoms with Crippen molar-refractivity contribution in [1.29, 1.82) is 0 Å². The molecular weight excluding hydrogens is 485 g/mol. The predicted molar refractivity (Wildman–Crippen MR) is 121 cm³/mol. The molecule has 1 amide bonds. The highest BCUT2D eigenvalue weighted by Gasteiger charge is 2.23. The largest absolute Gasteiger partial charge is 0.484 e. The van der Waals surface area contributed by atoms with Crippen molar-refractivity contribution in [3.8, 4) is 5.75 Å². The van der Waals surface area contributed by atoms with E-state index in [4.69, 9.17) is 4.74 Å². The van der Waals surface area contributed by atoms with E-state index < -0.39 is 0 Å². The summed E-state index contributed by atoms with van der Waals surface area (Å²) in [5.74, 6) is 2.11. The Balaban J connectivity index is 0.00000300. The lowest BCUT2D eigenvalue weighted by Crippen LogP contribution is -2.37. The average Bonchev–Trinajstić information content (AvgIpc) is 3.41. The zero-order valence-corrected chi connectivity index (χ0v) is 19.1. The van der Waals surface area contributed by atoms with E-state index in [1.165, 1.54) is 6.33 Å². The zero-order chi connectivity index (χ0) is 19.8. The van der Waals surface area contributed by atoms with Gasteiger partial charge in [0.25, 0.3) is 5.91 Å². The number of rotatable bonds is 9. The highest BCUT2D eigenvalue weighted by Crippen LogP contribution is 2.18. The van der Waals surface area contributed by atoms with E-state index in [0.717, 1.165) is 30.8 Å². The average molecular weight is 513 g/mol. The lowest BCUT2D eigenvalue weighted by molar-refractivity contribution is -0.123. The molecule has 1 heterocycles. The minimum Gasteiger partial charge on any atom is -0.484 e. The Bertz CT molecular complexity index is 820. The van der Waals surface area contributed by atoms with Gasteiger partial charge in [-0.05, 0) is 37.5 Å². The molecule has 158 valence electrons. The summed E-state index contributed by atoms with van der Waals surface area (Å²) in [7, 11) is 1.85.